The lowest BCUT2D eigenvalue weighted by molar-refractivity contribution is -0.139. The molecule has 0 bridgehead atoms. The molecule has 3 aromatic rings. The Labute approximate surface area is 174 Å². The highest BCUT2D eigenvalue weighted by atomic mass is 32.2. The first-order valence-electron chi connectivity index (χ1n) is 8.94. The van der Waals surface area contributed by atoms with Crippen LogP contribution in [0.4, 0.5) is 0 Å². The number of carbonyl (C=O) groups excluding carboxylic acids is 1. The van der Waals surface area contributed by atoms with Gasteiger partial charge in [-0.2, -0.15) is 4.31 Å². The third-order valence-electron chi connectivity index (χ3n) is 4.39. The number of hydrogen-bond donors (Lipinski definition) is 0. The fourth-order valence-corrected chi connectivity index (χ4v) is 4.30. The molecule has 0 amide bonds. The van der Waals surface area contributed by atoms with E-state index in [1.807, 2.05) is 53.9 Å². The maximum Gasteiger partial charge on any atom is 0.309 e. The molecule has 0 aliphatic rings. The van der Waals surface area contributed by atoms with Crippen molar-refractivity contribution in [1.82, 2.24) is 9.29 Å². The van der Waals surface area contributed by atoms with Gasteiger partial charge in [0.05, 0.1) is 19.8 Å². The number of aromatic nitrogens is 1. The average molecular weight is 431 g/mol. The third kappa shape index (κ3) is 5.96. The summed E-state index contributed by atoms with van der Waals surface area (Å²) in [4.78, 5) is 15.8. The zero-order chi connectivity index (χ0) is 20.9. The van der Waals surface area contributed by atoms with E-state index in [1.165, 1.54) is 17.7 Å². The van der Waals surface area contributed by atoms with Crippen LogP contribution in [0.3, 0.4) is 0 Å². The smallest absolute Gasteiger partial charge is 0.309 e. The van der Waals surface area contributed by atoms with Crippen LogP contribution in [0.1, 0.15) is 16.7 Å². The first kappa shape index (κ1) is 21.2. The Kier molecular flexibility index (Phi) is 6.79. The van der Waals surface area contributed by atoms with Crippen molar-refractivity contribution in [1.29, 1.82) is 0 Å². The van der Waals surface area contributed by atoms with Gasteiger partial charge in [-0.15, -0.1) is 11.3 Å². The SMILES string of the molecule is COC(=O)Cc1cccc(CN(Cc2ccc(-c3nccs3)cc2)S(C)(=O)=O)c1. The summed E-state index contributed by atoms with van der Waals surface area (Å²) in [6.07, 6.45) is 3.12. The Balaban J connectivity index is 1.76. The van der Waals surface area contributed by atoms with E-state index >= 15 is 0 Å². The van der Waals surface area contributed by atoms with Crippen molar-refractivity contribution in [2.45, 2.75) is 19.5 Å². The Morgan fingerprint density at radius 1 is 1.07 bits per heavy atom. The molecular weight excluding hydrogens is 408 g/mol. The van der Waals surface area contributed by atoms with Crippen LogP contribution in [0.5, 0.6) is 0 Å². The lowest BCUT2D eigenvalue weighted by Gasteiger charge is -2.20. The summed E-state index contributed by atoms with van der Waals surface area (Å²) in [6, 6.07) is 15.1. The maximum absolute atomic E-state index is 12.3. The Hall–Kier alpha value is -2.55. The third-order valence-corrected chi connectivity index (χ3v) is 6.41. The highest BCUT2D eigenvalue weighted by Crippen LogP contribution is 2.23. The molecule has 6 nitrogen and oxygen atoms in total. The standard InChI is InChI=1S/C21H22N2O4S2/c1-27-20(24)13-17-4-3-5-18(12-17)15-23(29(2,25)26)14-16-6-8-19(9-7-16)21-22-10-11-28-21/h3-12H,13-15H2,1-2H3. The number of nitrogens with zero attached hydrogens (tertiary/aromatic N) is 2. The van der Waals surface area contributed by atoms with Crippen LogP contribution in [0.2, 0.25) is 0 Å². The number of sulfonamides is 1. The van der Waals surface area contributed by atoms with E-state index in [2.05, 4.69) is 4.98 Å². The molecule has 8 heteroatoms. The number of hydrogen-bond acceptors (Lipinski definition) is 6. The normalized spacial score (nSPS) is 11.6. The molecule has 0 saturated carbocycles. The monoisotopic (exact) mass is 430 g/mol. The summed E-state index contributed by atoms with van der Waals surface area (Å²) < 4.78 is 30.8. The minimum Gasteiger partial charge on any atom is -0.469 e. The van der Waals surface area contributed by atoms with E-state index in [0.29, 0.717) is 0 Å². The van der Waals surface area contributed by atoms with Crippen molar-refractivity contribution in [3.8, 4) is 10.6 Å². The largest absolute Gasteiger partial charge is 0.469 e. The molecule has 0 aliphatic heterocycles. The van der Waals surface area contributed by atoms with Gasteiger partial charge in [0.1, 0.15) is 5.01 Å². The van der Waals surface area contributed by atoms with Crippen LogP contribution >= 0.6 is 11.3 Å². The van der Waals surface area contributed by atoms with Gasteiger partial charge in [-0.05, 0) is 16.7 Å². The summed E-state index contributed by atoms with van der Waals surface area (Å²) >= 11 is 1.56. The molecule has 0 unspecified atom stereocenters. The number of esters is 1. The van der Waals surface area contributed by atoms with Gasteiger partial charge in [0.25, 0.3) is 0 Å². The molecule has 0 N–H and O–H groups in total. The lowest BCUT2D eigenvalue weighted by Crippen LogP contribution is -2.29. The second-order valence-electron chi connectivity index (χ2n) is 6.64. The Morgan fingerprint density at radius 3 is 2.38 bits per heavy atom. The van der Waals surface area contributed by atoms with E-state index in [0.717, 1.165) is 27.3 Å². The van der Waals surface area contributed by atoms with Gasteiger partial charge in [0.15, 0.2) is 0 Å². The van der Waals surface area contributed by atoms with Crippen LogP contribution in [-0.2, 0) is 39.1 Å². The summed E-state index contributed by atoms with van der Waals surface area (Å²) in [5, 5.41) is 2.85. The summed E-state index contributed by atoms with van der Waals surface area (Å²) in [5.41, 5.74) is 3.50. The summed E-state index contributed by atoms with van der Waals surface area (Å²) in [5.74, 6) is -0.331. The lowest BCUT2D eigenvalue weighted by atomic mass is 10.1. The first-order valence-corrected chi connectivity index (χ1v) is 11.7. The molecule has 1 aromatic heterocycles. The summed E-state index contributed by atoms with van der Waals surface area (Å²) in [7, 11) is -2.08. The van der Waals surface area contributed by atoms with Gasteiger partial charge in [-0.3, -0.25) is 4.79 Å². The minimum absolute atomic E-state index is 0.154. The van der Waals surface area contributed by atoms with Crippen LogP contribution in [0, 0.1) is 0 Å². The zero-order valence-corrected chi connectivity index (χ0v) is 17.9. The Bertz CT molecular complexity index is 1060. The number of rotatable bonds is 8. The molecule has 0 fully saturated rings. The molecular formula is C21H22N2O4S2. The van der Waals surface area contributed by atoms with Gasteiger partial charge in [0, 0.05) is 30.2 Å². The topological polar surface area (TPSA) is 76.6 Å². The molecule has 0 aliphatic carbocycles. The van der Waals surface area contributed by atoms with E-state index in [9.17, 15) is 13.2 Å². The first-order chi connectivity index (χ1) is 13.8. The molecule has 1 heterocycles. The van der Waals surface area contributed by atoms with E-state index in [1.54, 1.807) is 17.5 Å². The van der Waals surface area contributed by atoms with Gasteiger partial charge in [0.2, 0.25) is 10.0 Å². The highest BCUT2D eigenvalue weighted by Gasteiger charge is 2.18. The van der Waals surface area contributed by atoms with Crippen LogP contribution in [-0.4, -0.2) is 37.0 Å². The van der Waals surface area contributed by atoms with Crippen molar-refractivity contribution in [2.24, 2.45) is 0 Å². The predicted octanol–water partition coefficient (Wildman–Crippen LogP) is 3.49. The fraction of sp³-hybridized carbons (Fsp3) is 0.238. The molecule has 0 atom stereocenters. The van der Waals surface area contributed by atoms with Crippen molar-refractivity contribution in [3.05, 3.63) is 76.8 Å². The van der Waals surface area contributed by atoms with Gasteiger partial charge < -0.3 is 4.74 Å². The molecule has 0 radical (unpaired) electrons. The number of benzene rings is 2. The van der Waals surface area contributed by atoms with E-state index < -0.39 is 10.0 Å². The van der Waals surface area contributed by atoms with E-state index in [4.69, 9.17) is 4.74 Å². The average Bonchev–Trinajstić information content (AvgIpc) is 3.22. The van der Waals surface area contributed by atoms with Crippen molar-refractivity contribution >= 4 is 27.3 Å². The second kappa shape index (κ2) is 9.30. The molecule has 0 spiro atoms. The quantitative estimate of drug-likeness (QED) is 0.511. The number of carbonyl (C=O) groups is 1. The number of ether oxygens (including phenoxy) is 1. The molecule has 2 aromatic carbocycles. The van der Waals surface area contributed by atoms with Crippen LogP contribution in [0.25, 0.3) is 10.6 Å². The van der Waals surface area contributed by atoms with E-state index in [-0.39, 0.29) is 25.5 Å². The van der Waals surface area contributed by atoms with Gasteiger partial charge in [-0.25, -0.2) is 13.4 Å². The molecule has 152 valence electrons. The van der Waals surface area contributed by atoms with Crippen molar-refractivity contribution in [2.75, 3.05) is 13.4 Å². The van der Waals surface area contributed by atoms with Crippen molar-refractivity contribution < 1.29 is 17.9 Å². The number of methoxy groups -OCH3 is 1. The van der Waals surface area contributed by atoms with Crippen molar-refractivity contribution in [3.63, 3.8) is 0 Å². The molecule has 0 saturated heterocycles. The molecule has 29 heavy (non-hydrogen) atoms. The number of thiazole rings is 1. The van der Waals surface area contributed by atoms with Crippen LogP contribution in [0.15, 0.2) is 60.1 Å². The van der Waals surface area contributed by atoms with Crippen LogP contribution < -0.4 is 0 Å². The minimum atomic E-state index is -3.42. The fourth-order valence-electron chi connectivity index (χ4n) is 2.89. The zero-order valence-electron chi connectivity index (χ0n) is 16.2. The predicted molar refractivity (Wildman–Crippen MR) is 114 cm³/mol. The van der Waals surface area contributed by atoms with Gasteiger partial charge in [-0.1, -0.05) is 48.5 Å². The second-order valence-corrected chi connectivity index (χ2v) is 9.52. The highest BCUT2D eigenvalue weighted by molar-refractivity contribution is 7.88. The molecule has 3 rings (SSSR count). The summed E-state index contributed by atoms with van der Waals surface area (Å²) in [6.45, 7) is 0.486. The van der Waals surface area contributed by atoms with Gasteiger partial charge >= 0.3 is 5.97 Å². The maximum atomic E-state index is 12.3. The Morgan fingerprint density at radius 2 is 1.76 bits per heavy atom.